The molecule has 0 rings (SSSR count). The lowest BCUT2D eigenvalue weighted by molar-refractivity contribution is -0.458. The molecule has 0 aliphatic heterocycles. The second-order valence-corrected chi connectivity index (χ2v) is 8.87. The highest BCUT2D eigenvalue weighted by molar-refractivity contribution is 7.90. The number of rotatable bonds is 13. The molecular weight excluding hydrogens is 583 g/mol. The van der Waals surface area contributed by atoms with Crippen molar-refractivity contribution in [1.82, 2.24) is 10.0 Å². The molecule has 218 valence electrons. The Morgan fingerprint density at radius 1 is 0.611 bits per heavy atom. The summed E-state index contributed by atoms with van der Waals surface area (Å²) in [4.78, 5) is 0. The summed E-state index contributed by atoms with van der Waals surface area (Å²) in [5.74, 6) is -51.6. The number of unbranched alkanes of at least 4 members (excludes halogenated alkanes) is 1. The Kier molecular flexibility index (Phi) is 9.41. The lowest BCUT2D eigenvalue weighted by atomic mass is 9.91. The van der Waals surface area contributed by atoms with Crippen molar-refractivity contribution in [3.63, 3.8) is 0 Å². The molecule has 0 bridgehead atoms. The van der Waals surface area contributed by atoms with Gasteiger partial charge in [0.1, 0.15) is 0 Å². The molecule has 0 heterocycles. The van der Waals surface area contributed by atoms with Crippen molar-refractivity contribution in [2.45, 2.75) is 79.8 Å². The molecule has 0 aromatic carbocycles. The molecule has 22 heteroatoms. The molecule has 0 fully saturated rings. The highest BCUT2D eigenvalue weighted by atomic mass is 32.2. The van der Waals surface area contributed by atoms with Gasteiger partial charge < -0.3 is 5.32 Å². The van der Waals surface area contributed by atoms with E-state index in [1.165, 1.54) is 6.92 Å². The highest BCUT2D eigenvalue weighted by Crippen LogP contribution is 2.64. The number of hydrogen-bond acceptors (Lipinski definition) is 3. The third-order valence-electron chi connectivity index (χ3n) is 4.34. The summed E-state index contributed by atoms with van der Waals surface area (Å²) in [7, 11) is -7.30. The molecular formula is C14H15F17N2O2S. The van der Waals surface area contributed by atoms with E-state index in [-0.39, 0.29) is 13.0 Å². The zero-order valence-corrected chi connectivity index (χ0v) is 18.2. The number of sulfonamides is 1. The summed E-state index contributed by atoms with van der Waals surface area (Å²) in [6.45, 7) is 1.87. The van der Waals surface area contributed by atoms with Crippen molar-refractivity contribution in [1.29, 1.82) is 0 Å². The largest absolute Gasteiger partial charge is 0.460 e. The van der Waals surface area contributed by atoms with Crippen LogP contribution in [-0.2, 0) is 10.0 Å². The standard InChI is InChI=1S/C14H15F17N2O2S/c1-3-4-5-32-6(2)33-36(34,35)14(30,31)12(25,26)10(21,22)8(17,18)7(15,16)9(19,20)11(23,24)13(27,28)29/h6,32-33H,3-5H2,1-2H3. The minimum Gasteiger partial charge on any atom is -0.301 e. The first kappa shape index (κ1) is 34.7. The summed E-state index contributed by atoms with van der Waals surface area (Å²) in [6.07, 6.45) is -9.37. The Balaban J connectivity index is 6.65. The molecule has 0 saturated carbocycles. The van der Waals surface area contributed by atoms with Crippen LogP contribution in [-0.4, -0.2) is 68.1 Å². The van der Waals surface area contributed by atoms with E-state index in [2.05, 4.69) is 0 Å². The average Bonchev–Trinajstić information content (AvgIpc) is 2.65. The molecule has 0 saturated heterocycles. The zero-order valence-electron chi connectivity index (χ0n) is 17.3. The average molecular weight is 598 g/mol. The first-order valence-corrected chi connectivity index (χ1v) is 10.4. The van der Waals surface area contributed by atoms with Crippen LogP contribution in [0.2, 0.25) is 0 Å². The maximum atomic E-state index is 13.9. The van der Waals surface area contributed by atoms with E-state index in [1.54, 1.807) is 0 Å². The first-order chi connectivity index (χ1) is 15.5. The van der Waals surface area contributed by atoms with Crippen LogP contribution in [0.5, 0.6) is 0 Å². The van der Waals surface area contributed by atoms with Crippen molar-refractivity contribution < 1.29 is 83.1 Å². The monoisotopic (exact) mass is 598 g/mol. The fourth-order valence-electron chi connectivity index (χ4n) is 2.16. The molecule has 0 spiro atoms. The van der Waals surface area contributed by atoms with Crippen molar-refractivity contribution >= 4 is 10.0 Å². The zero-order chi connectivity index (χ0) is 29.6. The summed E-state index contributed by atoms with van der Waals surface area (Å²) in [5.41, 5.74) is 0. The first-order valence-electron chi connectivity index (χ1n) is 8.92. The van der Waals surface area contributed by atoms with Gasteiger partial charge in [-0.15, -0.1) is 0 Å². The molecule has 0 aromatic heterocycles. The van der Waals surface area contributed by atoms with Crippen LogP contribution in [0, 0.1) is 0 Å². The smallest absolute Gasteiger partial charge is 0.301 e. The summed E-state index contributed by atoms with van der Waals surface area (Å²) in [5, 5.41) is -5.57. The van der Waals surface area contributed by atoms with E-state index >= 15 is 0 Å². The molecule has 4 nitrogen and oxygen atoms in total. The Labute approximate surface area is 190 Å². The van der Waals surface area contributed by atoms with Gasteiger partial charge in [0.2, 0.25) is 0 Å². The molecule has 2 N–H and O–H groups in total. The molecule has 0 aromatic rings. The van der Waals surface area contributed by atoms with Gasteiger partial charge in [0.05, 0.1) is 6.17 Å². The second kappa shape index (κ2) is 9.77. The maximum absolute atomic E-state index is 13.9. The van der Waals surface area contributed by atoms with E-state index in [9.17, 15) is 83.1 Å². The van der Waals surface area contributed by atoms with Gasteiger partial charge >= 0.3 is 47.0 Å². The van der Waals surface area contributed by atoms with Gasteiger partial charge in [0, 0.05) is 0 Å². The van der Waals surface area contributed by atoms with E-state index in [4.69, 9.17) is 0 Å². The highest BCUT2D eigenvalue weighted by Gasteiger charge is 2.96. The van der Waals surface area contributed by atoms with Gasteiger partial charge in [0.15, 0.2) is 0 Å². The number of hydrogen-bond donors (Lipinski definition) is 2. The van der Waals surface area contributed by atoms with Gasteiger partial charge in [-0.25, -0.2) is 8.42 Å². The molecule has 36 heavy (non-hydrogen) atoms. The molecule has 1 atom stereocenters. The Bertz CT molecular complexity index is 869. The van der Waals surface area contributed by atoms with Gasteiger partial charge in [-0.1, -0.05) is 13.3 Å². The minimum absolute atomic E-state index is 0.175. The van der Waals surface area contributed by atoms with E-state index < -0.39 is 63.2 Å². The normalized spacial score (nSPS) is 16.9. The summed E-state index contributed by atoms with van der Waals surface area (Å²) >= 11 is 0. The van der Waals surface area contributed by atoms with Crippen LogP contribution in [0.15, 0.2) is 0 Å². The number of nitrogens with one attached hydrogen (secondary N) is 2. The van der Waals surface area contributed by atoms with Crippen LogP contribution >= 0.6 is 0 Å². The van der Waals surface area contributed by atoms with Crippen molar-refractivity contribution in [3.8, 4) is 0 Å². The van der Waals surface area contributed by atoms with E-state index in [1.807, 2.05) is 5.32 Å². The quantitative estimate of drug-likeness (QED) is 0.165. The third-order valence-corrected chi connectivity index (χ3v) is 5.94. The fraction of sp³-hybridized carbons (Fsp3) is 1.00. The van der Waals surface area contributed by atoms with Crippen LogP contribution in [0.1, 0.15) is 26.7 Å². The number of alkyl halides is 17. The topological polar surface area (TPSA) is 58.2 Å². The summed E-state index contributed by atoms with van der Waals surface area (Å²) in [6, 6.07) is 0. The second-order valence-electron chi connectivity index (χ2n) is 7.11. The lowest BCUT2D eigenvalue weighted by Crippen LogP contribution is -2.75. The van der Waals surface area contributed by atoms with Gasteiger partial charge in [-0.05, 0) is 19.9 Å². The molecule has 0 amide bonds. The van der Waals surface area contributed by atoms with Crippen LogP contribution in [0.3, 0.4) is 0 Å². The summed E-state index contributed by atoms with van der Waals surface area (Å²) < 4.78 is 248. The number of halogens is 17. The minimum atomic E-state index is -8.84. The SMILES string of the molecule is CCCCNC(C)NS(=O)(=O)C(F)(F)C(F)(F)C(F)(F)C(F)(F)C(F)(F)C(F)(F)C(F)(F)C(F)(F)F. The molecule has 0 aliphatic rings. The Hall–Kier alpha value is -1.32. The molecule has 0 aliphatic carbocycles. The Morgan fingerprint density at radius 3 is 1.28 bits per heavy atom. The third kappa shape index (κ3) is 5.04. The predicted molar refractivity (Wildman–Crippen MR) is 85.1 cm³/mol. The lowest BCUT2D eigenvalue weighted by Gasteiger charge is -2.42. The Morgan fingerprint density at radius 2 is 0.944 bits per heavy atom. The van der Waals surface area contributed by atoms with Crippen molar-refractivity contribution in [2.75, 3.05) is 6.54 Å². The molecule has 0 radical (unpaired) electrons. The predicted octanol–water partition coefficient (Wildman–Crippen LogP) is 5.61. The van der Waals surface area contributed by atoms with Crippen molar-refractivity contribution in [3.05, 3.63) is 0 Å². The van der Waals surface area contributed by atoms with Gasteiger partial charge in [-0.3, -0.25) is 0 Å². The fourth-order valence-corrected chi connectivity index (χ4v) is 3.32. The molecule has 1 unspecified atom stereocenters. The van der Waals surface area contributed by atoms with Gasteiger partial charge in [-0.2, -0.15) is 79.4 Å². The van der Waals surface area contributed by atoms with E-state index in [0.717, 1.165) is 0 Å². The van der Waals surface area contributed by atoms with Crippen LogP contribution < -0.4 is 10.0 Å². The van der Waals surface area contributed by atoms with E-state index in [0.29, 0.717) is 18.1 Å². The van der Waals surface area contributed by atoms with Gasteiger partial charge in [0.25, 0.3) is 10.0 Å². The maximum Gasteiger partial charge on any atom is 0.460 e. The van der Waals surface area contributed by atoms with Crippen molar-refractivity contribution in [2.24, 2.45) is 0 Å². The van der Waals surface area contributed by atoms with Crippen LogP contribution in [0.25, 0.3) is 0 Å². The van der Waals surface area contributed by atoms with Crippen LogP contribution in [0.4, 0.5) is 74.6 Å².